The van der Waals surface area contributed by atoms with E-state index in [1.54, 1.807) is 0 Å². The van der Waals surface area contributed by atoms with E-state index in [4.69, 9.17) is 5.26 Å². The van der Waals surface area contributed by atoms with Gasteiger partial charge in [0.05, 0.1) is 5.56 Å². The van der Waals surface area contributed by atoms with Crippen molar-refractivity contribution in [2.75, 3.05) is 0 Å². The van der Waals surface area contributed by atoms with Crippen LogP contribution in [0.2, 0.25) is 0 Å². The minimum absolute atomic E-state index is 0.00101. The maximum atomic E-state index is 14.3. The zero-order valence-electron chi connectivity index (χ0n) is 16.1. The molecule has 0 radical (unpaired) electrons. The van der Waals surface area contributed by atoms with E-state index >= 15 is 0 Å². The number of aryl methyl sites for hydroxylation is 2. The molecule has 0 aliphatic carbocycles. The SMILES string of the molecule is Cc1cc(C(=O)c2c(C)[nH]n(-c3c(F)c(F)c(C#N)c(F)c3F)c2=O)cc(C(F)(F)F)c1. The average Bonchev–Trinajstić information content (AvgIpc) is 2.99. The lowest BCUT2D eigenvalue weighted by Crippen LogP contribution is -2.24. The zero-order valence-corrected chi connectivity index (χ0v) is 16.1. The number of alkyl halides is 3. The van der Waals surface area contributed by atoms with Gasteiger partial charge in [-0.2, -0.15) is 18.4 Å². The van der Waals surface area contributed by atoms with Crippen molar-refractivity contribution in [3.05, 3.63) is 85.3 Å². The zero-order chi connectivity index (χ0) is 24.1. The minimum Gasteiger partial charge on any atom is -0.294 e. The molecule has 0 aliphatic heterocycles. The van der Waals surface area contributed by atoms with Crippen molar-refractivity contribution in [3.8, 4) is 11.8 Å². The summed E-state index contributed by atoms with van der Waals surface area (Å²) in [7, 11) is 0. The van der Waals surface area contributed by atoms with Crippen LogP contribution in [0.3, 0.4) is 0 Å². The first-order valence-corrected chi connectivity index (χ1v) is 8.61. The van der Waals surface area contributed by atoms with Crippen LogP contribution in [-0.2, 0) is 6.18 Å². The number of carbonyl (C=O) groups is 1. The van der Waals surface area contributed by atoms with Gasteiger partial charge in [0.25, 0.3) is 5.56 Å². The summed E-state index contributed by atoms with van der Waals surface area (Å²) in [4.78, 5) is 25.5. The topological polar surface area (TPSA) is 78.7 Å². The summed E-state index contributed by atoms with van der Waals surface area (Å²) in [5, 5.41) is 10.7. The number of ketones is 1. The molecule has 0 spiro atoms. The molecule has 3 rings (SSSR count). The van der Waals surface area contributed by atoms with E-state index < -0.39 is 68.7 Å². The summed E-state index contributed by atoms with van der Waals surface area (Å²) < 4.78 is 95.8. The predicted molar refractivity (Wildman–Crippen MR) is 95.3 cm³/mol. The Morgan fingerprint density at radius 2 is 1.56 bits per heavy atom. The molecule has 12 heteroatoms. The van der Waals surface area contributed by atoms with Crippen LogP contribution in [0.5, 0.6) is 0 Å². The van der Waals surface area contributed by atoms with Crippen LogP contribution in [0.25, 0.3) is 5.69 Å². The van der Waals surface area contributed by atoms with Crippen molar-refractivity contribution in [1.82, 2.24) is 9.78 Å². The van der Waals surface area contributed by atoms with Crippen molar-refractivity contribution in [3.63, 3.8) is 0 Å². The Kier molecular flexibility index (Phi) is 5.46. The molecule has 0 saturated heterocycles. The highest BCUT2D eigenvalue weighted by atomic mass is 19.4. The van der Waals surface area contributed by atoms with Gasteiger partial charge < -0.3 is 0 Å². The van der Waals surface area contributed by atoms with Gasteiger partial charge in [0.1, 0.15) is 22.9 Å². The van der Waals surface area contributed by atoms with Crippen LogP contribution in [0.4, 0.5) is 30.7 Å². The molecule has 1 heterocycles. The van der Waals surface area contributed by atoms with Gasteiger partial charge in [-0.15, -0.1) is 0 Å². The molecule has 3 aromatic rings. The van der Waals surface area contributed by atoms with E-state index in [2.05, 4.69) is 5.10 Å². The van der Waals surface area contributed by atoms with Crippen LogP contribution < -0.4 is 5.56 Å². The lowest BCUT2D eigenvalue weighted by Gasteiger charge is -2.10. The van der Waals surface area contributed by atoms with Gasteiger partial charge in [-0.25, -0.2) is 22.2 Å². The van der Waals surface area contributed by atoms with Crippen LogP contribution in [-0.4, -0.2) is 15.6 Å². The Balaban J connectivity index is 2.24. The molecular formula is C20H10F7N3O2. The minimum atomic E-state index is -4.79. The van der Waals surface area contributed by atoms with E-state index in [1.165, 1.54) is 6.92 Å². The fraction of sp³-hybridized carbons (Fsp3) is 0.150. The van der Waals surface area contributed by atoms with E-state index in [9.17, 15) is 40.3 Å². The second-order valence-corrected chi connectivity index (χ2v) is 6.76. The molecule has 5 nitrogen and oxygen atoms in total. The Morgan fingerprint density at radius 3 is 2.06 bits per heavy atom. The molecule has 0 unspecified atom stereocenters. The number of H-pyrrole nitrogens is 1. The van der Waals surface area contributed by atoms with Gasteiger partial charge in [0.2, 0.25) is 0 Å². The number of hydrogen-bond donors (Lipinski definition) is 1. The highest BCUT2D eigenvalue weighted by Gasteiger charge is 2.33. The number of aromatic amines is 1. The first-order valence-electron chi connectivity index (χ1n) is 8.61. The van der Waals surface area contributed by atoms with Crippen molar-refractivity contribution < 1.29 is 35.5 Å². The Bertz CT molecular complexity index is 1350. The molecule has 0 aliphatic rings. The first kappa shape index (κ1) is 22.8. The Morgan fingerprint density at radius 1 is 1.00 bits per heavy atom. The van der Waals surface area contributed by atoms with Crippen LogP contribution in [0, 0.1) is 48.4 Å². The van der Waals surface area contributed by atoms with Gasteiger partial charge in [0.15, 0.2) is 29.1 Å². The van der Waals surface area contributed by atoms with Crippen LogP contribution in [0.15, 0.2) is 23.0 Å². The van der Waals surface area contributed by atoms with Gasteiger partial charge >= 0.3 is 6.18 Å². The smallest absolute Gasteiger partial charge is 0.294 e. The molecule has 166 valence electrons. The number of carbonyl (C=O) groups excluding carboxylic acids is 1. The van der Waals surface area contributed by atoms with E-state index in [0.717, 1.165) is 25.1 Å². The third-order valence-corrected chi connectivity index (χ3v) is 4.54. The second kappa shape index (κ2) is 7.67. The van der Waals surface area contributed by atoms with Crippen molar-refractivity contribution >= 4 is 5.78 Å². The lowest BCUT2D eigenvalue weighted by atomic mass is 9.99. The Hall–Kier alpha value is -3.88. The summed E-state index contributed by atoms with van der Waals surface area (Å²) >= 11 is 0. The van der Waals surface area contributed by atoms with Crippen molar-refractivity contribution in [2.45, 2.75) is 20.0 Å². The van der Waals surface area contributed by atoms with Crippen LogP contribution in [0.1, 0.15) is 38.3 Å². The number of nitrogens with zero attached hydrogens (tertiary/aromatic N) is 2. The normalized spacial score (nSPS) is 11.5. The molecule has 0 atom stereocenters. The lowest BCUT2D eigenvalue weighted by molar-refractivity contribution is -0.137. The molecule has 0 bridgehead atoms. The molecule has 1 aromatic heterocycles. The summed E-state index contributed by atoms with van der Waals surface area (Å²) in [6.07, 6.45) is -4.79. The maximum Gasteiger partial charge on any atom is 0.416 e. The molecular weight excluding hydrogens is 447 g/mol. The fourth-order valence-electron chi connectivity index (χ4n) is 3.11. The molecule has 32 heavy (non-hydrogen) atoms. The number of nitriles is 1. The summed E-state index contributed by atoms with van der Waals surface area (Å²) in [5.74, 6) is -9.52. The monoisotopic (exact) mass is 457 g/mol. The number of nitrogens with one attached hydrogen (secondary N) is 1. The number of aromatic nitrogens is 2. The Labute approximate surface area is 174 Å². The van der Waals surface area contributed by atoms with Crippen molar-refractivity contribution in [1.29, 1.82) is 5.26 Å². The molecule has 1 N–H and O–H groups in total. The third kappa shape index (κ3) is 3.55. The predicted octanol–water partition coefficient (Wildman–Crippen LogP) is 4.46. The number of hydrogen-bond acceptors (Lipinski definition) is 3. The molecule has 0 fully saturated rings. The largest absolute Gasteiger partial charge is 0.416 e. The maximum absolute atomic E-state index is 14.3. The fourth-order valence-corrected chi connectivity index (χ4v) is 3.11. The van der Waals surface area contributed by atoms with Gasteiger partial charge in [-0.1, -0.05) is 0 Å². The first-order chi connectivity index (χ1) is 14.8. The highest BCUT2D eigenvalue weighted by molar-refractivity contribution is 6.09. The number of rotatable bonds is 3. The standard InChI is InChI=1S/C20H10F7N3O2/c1-7-3-9(5-10(4-7)20(25,26)27)18(31)12-8(2)29-30(19(12)32)17-15(23)13(21)11(6-28)14(22)16(17)24/h3-5,29H,1-2H3. The second-order valence-electron chi connectivity index (χ2n) is 6.76. The summed E-state index contributed by atoms with van der Waals surface area (Å²) in [5.41, 5.74) is -7.38. The van der Waals surface area contributed by atoms with Gasteiger partial charge in [0, 0.05) is 11.3 Å². The molecule has 0 amide bonds. The third-order valence-electron chi connectivity index (χ3n) is 4.54. The summed E-state index contributed by atoms with van der Waals surface area (Å²) in [6.45, 7) is 2.37. The number of benzene rings is 2. The van der Waals surface area contributed by atoms with E-state index in [1.807, 2.05) is 0 Å². The van der Waals surface area contributed by atoms with Gasteiger partial charge in [-0.3, -0.25) is 14.7 Å². The average molecular weight is 457 g/mol. The summed E-state index contributed by atoms with van der Waals surface area (Å²) in [6, 6.07) is 3.27. The number of halogens is 7. The van der Waals surface area contributed by atoms with Crippen LogP contribution >= 0.6 is 0 Å². The van der Waals surface area contributed by atoms with Gasteiger partial charge in [-0.05, 0) is 37.6 Å². The van der Waals surface area contributed by atoms with E-state index in [-0.39, 0.29) is 15.9 Å². The molecule has 0 saturated carbocycles. The quantitative estimate of drug-likeness (QED) is 0.358. The molecule has 2 aromatic carbocycles. The highest BCUT2D eigenvalue weighted by Crippen LogP contribution is 2.31. The van der Waals surface area contributed by atoms with Crippen molar-refractivity contribution in [2.24, 2.45) is 0 Å². The van der Waals surface area contributed by atoms with E-state index in [0.29, 0.717) is 6.07 Å².